The van der Waals surface area contributed by atoms with Crippen LogP contribution in [0.25, 0.3) is 0 Å². The molecule has 0 unspecified atom stereocenters. The van der Waals surface area contributed by atoms with E-state index in [4.69, 9.17) is 11.2 Å². The van der Waals surface area contributed by atoms with E-state index in [0.717, 1.165) is 0 Å². The number of nitrogens with zero attached hydrogens (tertiary/aromatic N) is 5. The van der Waals surface area contributed by atoms with Crippen molar-refractivity contribution in [3.8, 4) is 12.3 Å². The Morgan fingerprint density at radius 3 is 2.90 bits per heavy atom. The minimum absolute atomic E-state index is 0.0647. The van der Waals surface area contributed by atoms with Crippen LogP contribution >= 0.6 is 35.3 Å². The number of carboxylic acid groups (broad SMARTS) is 1. The van der Waals surface area contributed by atoms with Crippen molar-refractivity contribution in [1.82, 2.24) is 30.4 Å². The van der Waals surface area contributed by atoms with Crippen molar-refractivity contribution in [3.63, 3.8) is 0 Å². The number of tetrazole rings is 1. The maximum atomic E-state index is 13.0. The summed E-state index contributed by atoms with van der Waals surface area (Å²) in [4.78, 5) is 38.3. The second-order valence-electron chi connectivity index (χ2n) is 6.15. The number of hydrogen-bond donors (Lipinski definition) is 2. The summed E-state index contributed by atoms with van der Waals surface area (Å²) in [6.45, 7) is 0. The number of carbonyl (C=O) groups is 3. The molecule has 0 aromatic carbocycles. The second kappa shape index (κ2) is 9.29. The van der Waals surface area contributed by atoms with Crippen LogP contribution < -0.4 is 5.32 Å². The Bertz CT molecular complexity index is 944. The van der Waals surface area contributed by atoms with Gasteiger partial charge in [-0.3, -0.25) is 14.5 Å². The zero-order valence-corrected chi connectivity index (χ0v) is 18.5. The third-order valence-corrected chi connectivity index (χ3v) is 7.64. The molecule has 11 nitrogen and oxygen atoms in total. The van der Waals surface area contributed by atoms with Crippen molar-refractivity contribution in [1.29, 1.82) is 0 Å². The van der Waals surface area contributed by atoms with Gasteiger partial charge < -0.3 is 15.2 Å². The molecule has 3 rings (SSSR count). The first-order valence-corrected chi connectivity index (χ1v) is 11.7. The van der Waals surface area contributed by atoms with Gasteiger partial charge in [0.25, 0.3) is 11.6 Å². The molecule has 1 fully saturated rings. The number of rotatable bonds is 9. The lowest BCUT2D eigenvalue weighted by Crippen LogP contribution is -2.80. The first kappa shape index (κ1) is 22.5. The lowest BCUT2D eigenvalue weighted by Gasteiger charge is -2.55. The molecule has 1 saturated heterocycles. The fourth-order valence-electron chi connectivity index (χ4n) is 3.00. The minimum atomic E-state index is -1.61. The van der Waals surface area contributed by atoms with Crippen LogP contribution in [0, 0.1) is 12.3 Å². The summed E-state index contributed by atoms with van der Waals surface area (Å²) in [5.41, 5.74) is -1.15. The summed E-state index contributed by atoms with van der Waals surface area (Å²) in [5, 5.41) is 23.3. The van der Waals surface area contributed by atoms with Gasteiger partial charge in [-0.15, -0.1) is 35.0 Å². The fraction of sp³-hybridized carbons (Fsp3) is 0.500. The van der Waals surface area contributed by atoms with E-state index < -0.39 is 28.9 Å². The van der Waals surface area contributed by atoms with E-state index in [1.165, 1.54) is 52.0 Å². The number of carbonyl (C=O) groups excluding carboxylic acids is 2. The predicted octanol–water partition coefficient (Wildman–Crippen LogP) is -0.619. The quantitative estimate of drug-likeness (QED) is 0.157. The normalized spacial score (nSPS) is 22.9. The fourth-order valence-corrected chi connectivity index (χ4v) is 5.90. The summed E-state index contributed by atoms with van der Waals surface area (Å²) in [6, 6.07) is 0. The van der Waals surface area contributed by atoms with Gasteiger partial charge in [-0.1, -0.05) is 17.7 Å². The van der Waals surface area contributed by atoms with Crippen LogP contribution in [0.3, 0.4) is 0 Å². The van der Waals surface area contributed by atoms with E-state index in [0.29, 0.717) is 28.0 Å². The Kier molecular flexibility index (Phi) is 6.96. The summed E-state index contributed by atoms with van der Waals surface area (Å²) < 4.78 is 6.86. The Morgan fingerprint density at radius 2 is 2.30 bits per heavy atom. The number of β-lactam (4-membered cyclic amide) rings is 1. The molecule has 0 saturated carbocycles. The number of thioether (sulfide) groups is 3. The van der Waals surface area contributed by atoms with Gasteiger partial charge in [-0.25, -0.2) is 9.48 Å². The molecule has 0 spiro atoms. The van der Waals surface area contributed by atoms with Crippen LogP contribution in [0.1, 0.15) is 0 Å². The van der Waals surface area contributed by atoms with Gasteiger partial charge in [0.15, 0.2) is 0 Å². The average molecular weight is 471 g/mol. The number of fused-ring (bicyclic) bond motifs is 1. The Balaban J connectivity index is 1.78. The molecule has 30 heavy (non-hydrogen) atoms. The Hall–Kier alpha value is -2.21. The molecule has 160 valence electrons. The zero-order valence-electron chi connectivity index (χ0n) is 16.0. The number of ether oxygens (including phenoxy) is 1. The average Bonchev–Trinajstić information content (AvgIpc) is 3.14. The van der Waals surface area contributed by atoms with Crippen LogP contribution in [-0.2, 0) is 26.2 Å². The molecule has 14 heteroatoms. The first-order chi connectivity index (χ1) is 14.4. The lowest BCUT2D eigenvalue weighted by atomic mass is 9.98. The van der Waals surface area contributed by atoms with E-state index in [-0.39, 0.29) is 11.4 Å². The number of methoxy groups -OCH3 is 1. The van der Waals surface area contributed by atoms with Gasteiger partial charge in [0.05, 0.1) is 11.5 Å². The van der Waals surface area contributed by atoms with Crippen LogP contribution in [0.2, 0.25) is 0 Å². The molecule has 2 N–H and O–H groups in total. The summed E-state index contributed by atoms with van der Waals surface area (Å²) >= 11 is 3.82. The molecule has 0 bridgehead atoms. The van der Waals surface area contributed by atoms with Crippen LogP contribution in [-0.4, -0.2) is 89.2 Å². The van der Waals surface area contributed by atoms with Crippen LogP contribution in [0.15, 0.2) is 16.4 Å². The highest BCUT2D eigenvalue weighted by Crippen LogP contribution is 2.47. The number of aliphatic carboxylic acids is 1. The van der Waals surface area contributed by atoms with Crippen molar-refractivity contribution in [2.45, 2.75) is 16.3 Å². The third kappa shape index (κ3) is 4.02. The van der Waals surface area contributed by atoms with Gasteiger partial charge >= 0.3 is 5.97 Å². The molecular formula is C16H18N6O5S3. The minimum Gasteiger partial charge on any atom is -0.477 e. The Morgan fingerprint density at radius 1 is 1.53 bits per heavy atom. The summed E-state index contributed by atoms with van der Waals surface area (Å²) in [6.07, 6.45) is 5.17. The van der Waals surface area contributed by atoms with Gasteiger partial charge in [0, 0.05) is 25.7 Å². The van der Waals surface area contributed by atoms with E-state index in [1.54, 1.807) is 7.05 Å². The highest BCUT2D eigenvalue weighted by molar-refractivity contribution is 8.01. The molecule has 2 aliphatic rings. The van der Waals surface area contributed by atoms with Crippen molar-refractivity contribution >= 4 is 53.1 Å². The van der Waals surface area contributed by atoms with Crippen LogP contribution in [0.4, 0.5) is 0 Å². The number of nitrogens with one attached hydrogen (secondary N) is 1. The maximum absolute atomic E-state index is 13.0. The maximum Gasteiger partial charge on any atom is 0.352 e. The smallest absolute Gasteiger partial charge is 0.352 e. The van der Waals surface area contributed by atoms with Gasteiger partial charge in [-0.2, -0.15) is 0 Å². The van der Waals surface area contributed by atoms with Gasteiger partial charge in [-0.05, 0) is 16.0 Å². The summed E-state index contributed by atoms with van der Waals surface area (Å²) in [7, 11) is 2.98. The molecule has 2 amide bonds. The molecule has 3 heterocycles. The molecule has 0 radical (unpaired) electrons. The number of hydrogen-bond acceptors (Lipinski definition) is 10. The van der Waals surface area contributed by atoms with Crippen molar-refractivity contribution < 1.29 is 24.2 Å². The number of aromatic nitrogens is 4. The topological polar surface area (TPSA) is 140 Å². The van der Waals surface area contributed by atoms with Crippen molar-refractivity contribution in [2.24, 2.45) is 7.05 Å². The second-order valence-corrected chi connectivity index (χ2v) is 9.15. The highest BCUT2D eigenvalue weighted by Gasteiger charge is 2.66. The van der Waals surface area contributed by atoms with Crippen molar-refractivity contribution in [3.05, 3.63) is 11.3 Å². The van der Waals surface area contributed by atoms with E-state index >= 15 is 0 Å². The first-order valence-electron chi connectivity index (χ1n) is 8.48. The largest absolute Gasteiger partial charge is 0.477 e. The van der Waals surface area contributed by atoms with E-state index in [2.05, 4.69) is 26.8 Å². The highest BCUT2D eigenvalue weighted by atomic mass is 32.2. The standard InChI is InChI=1S/C16H18N6O5S3/c1-4-5-28-8-10(23)17-16(27-3)13(26)22-11(12(24)25)9(6-29-14(16)22)7-30-15-18-19-20-21(15)2/h1,14H,5-8H2,2-3H3,(H,17,23)(H,24,25)/t14-,16+/m1/s1. The lowest BCUT2D eigenvalue weighted by molar-refractivity contribution is -0.192. The SMILES string of the molecule is C#CCSCC(=O)N[C@]1(OC)C(=O)N2C(C(=O)O)=C(CSc3nnnn3C)CS[C@@H]21. The number of aryl methyl sites for hydroxylation is 1. The van der Waals surface area contributed by atoms with Crippen molar-refractivity contribution in [2.75, 3.05) is 30.1 Å². The molecule has 1 aromatic rings. The monoisotopic (exact) mass is 470 g/mol. The molecule has 2 aliphatic heterocycles. The molecule has 0 aliphatic carbocycles. The van der Waals surface area contributed by atoms with Gasteiger partial charge in [0.2, 0.25) is 11.1 Å². The molecule has 2 atom stereocenters. The third-order valence-electron chi connectivity index (χ3n) is 4.34. The zero-order chi connectivity index (χ0) is 21.9. The number of terminal acetylenes is 1. The van der Waals surface area contributed by atoms with E-state index in [1.807, 2.05) is 0 Å². The number of carboxylic acids is 1. The van der Waals surface area contributed by atoms with Crippen LogP contribution in [0.5, 0.6) is 0 Å². The predicted molar refractivity (Wildman–Crippen MR) is 111 cm³/mol. The Labute approximate surface area is 184 Å². The summed E-state index contributed by atoms with van der Waals surface area (Å²) in [5.74, 6) is 1.23. The van der Waals surface area contributed by atoms with E-state index in [9.17, 15) is 19.5 Å². The van der Waals surface area contributed by atoms with Gasteiger partial charge in [0.1, 0.15) is 11.1 Å². The number of amides is 2. The molecular weight excluding hydrogens is 452 g/mol. The molecule has 1 aromatic heterocycles.